The van der Waals surface area contributed by atoms with Gasteiger partial charge in [0.1, 0.15) is 5.82 Å². The van der Waals surface area contributed by atoms with Gasteiger partial charge in [-0.15, -0.1) is 22.7 Å². The van der Waals surface area contributed by atoms with Crippen LogP contribution in [0.2, 0.25) is 0 Å². The Morgan fingerprint density at radius 2 is 1.94 bits per heavy atom. The average Bonchev–Trinajstić information content (AvgIpc) is 3.46. The summed E-state index contributed by atoms with van der Waals surface area (Å²) in [6, 6.07) is 4.37. The van der Waals surface area contributed by atoms with Crippen LogP contribution in [-0.2, 0) is 0 Å². The summed E-state index contributed by atoms with van der Waals surface area (Å²) in [7, 11) is 0. The number of hydrogen-bond donors (Lipinski definition) is 5. The highest BCUT2D eigenvalue weighted by atomic mass is 32.1. The number of nitrogens with zero attached hydrogens (tertiary/aromatic N) is 2. The van der Waals surface area contributed by atoms with E-state index < -0.39 is 5.60 Å². The number of anilines is 3. The number of piperidine rings is 1. The summed E-state index contributed by atoms with van der Waals surface area (Å²) in [5.41, 5.74) is 0.986. The maximum atomic E-state index is 12.6. The van der Waals surface area contributed by atoms with Crippen molar-refractivity contribution in [3.63, 3.8) is 0 Å². The molecular formula is C23H30N6O2S2. The lowest BCUT2D eigenvalue weighted by Gasteiger charge is -2.33. The van der Waals surface area contributed by atoms with Crippen LogP contribution >= 0.6 is 22.7 Å². The summed E-state index contributed by atoms with van der Waals surface area (Å²) in [4.78, 5) is 22.1. The highest BCUT2D eigenvalue weighted by molar-refractivity contribution is 7.17. The Labute approximate surface area is 201 Å². The first-order valence-corrected chi connectivity index (χ1v) is 13.3. The minimum absolute atomic E-state index is 0.0315. The molecule has 1 saturated carbocycles. The molecule has 0 aromatic carbocycles. The second-order valence-electron chi connectivity index (χ2n) is 9.27. The molecule has 1 saturated heterocycles. The molecule has 10 heteroatoms. The number of rotatable bonds is 6. The number of carbonyl (C=O) groups excluding carboxylic acids is 1. The summed E-state index contributed by atoms with van der Waals surface area (Å²) in [6.45, 7) is 3.80. The van der Waals surface area contributed by atoms with Gasteiger partial charge in [0.15, 0.2) is 0 Å². The lowest BCUT2D eigenvalue weighted by atomic mass is 9.84. The van der Waals surface area contributed by atoms with Crippen molar-refractivity contribution in [2.24, 2.45) is 0 Å². The zero-order valence-corrected chi connectivity index (χ0v) is 20.3. The van der Waals surface area contributed by atoms with E-state index in [0.717, 1.165) is 72.7 Å². The van der Waals surface area contributed by atoms with Crippen molar-refractivity contribution in [1.29, 1.82) is 0 Å². The van der Waals surface area contributed by atoms with E-state index in [-0.39, 0.29) is 18.0 Å². The monoisotopic (exact) mass is 486 g/mol. The third-order valence-corrected chi connectivity index (χ3v) is 8.23. The van der Waals surface area contributed by atoms with E-state index in [1.807, 2.05) is 29.8 Å². The van der Waals surface area contributed by atoms with Crippen molar-refractivity contribution in [2.75, 3.05) is 23.7 Å². The van der Waals surface area contributed by atoms with Gasteiger partial charge < -0.3 is 26.4 Å². The van der Waals surface area contributed by atoms with Crippen molar-refractivity contribution in [1.82, 2.24) is 20.6 Å². The second kappa shape index (κ2) is 9.54. The Morgan fingerprint density at radius 3 is 2.73 bits per heavy atom. The maximum Gasteiger partial charge on any atom is 0.252 e. The van der Waals surface area contributed by atoms with Gasteiger partial charge in [0, 0.05) is 17.5 Å². The minimum atomic E-state index is -0.564. The van der Waals surface area contributed by atoms with Crippen LogP contribution in [0.25, 0.3) is 10.2 Å². The van der Waals surface area contributed by atoms with Gasteiger partial charge in [-0.3, -0.25) is 4.79 Å². The van der Waals surface area contributed by atoms with Crippen LogP contribution < -0.4 is 21.3 Å². The number of aliphatic hydroxyl groups is 1. The van der Waals surface area contributed by atoms with Crippen LogP contribution in [0.1, 0.15) is 55.8 Å². The largest absolute Gasteiger partial charge is 0.390 e. The summed E-state index contributed by atoms with van der Waals surface area (Å²) >= 11 is 3.10. The molecule has 1 aliphatic carbocycles. The van der Waals surface area contributed by atoms with E-state index in [2.05, 4.69) is 26.3 Å². The van der Waals surface area contributed by atoms with Crippen molar-refractivity contribution < 1.29 is 9.90 Å². The van der Waals surface area contributed by atoms with Gasteiger partial charge >= 0.3 is 0 Å². The molecule has 0 spiro atoms. The zero-order valence-electron chi connectivity index (χ0n) is 18.7. The number of aromatic nitrogens is 2. The highest BCUT2D eigenvalue weighted by Gasteiger charge is 2.29. The van der Waals surface area contributed by atoms with Crippen molar-refractivity contribution in [3.8, 4) is 0 Å². The molecule has 5 rings (SSSR count). The number of nitrogens with one attached hydrogen (secondary N) is 4. The number of fused-ring (bicyclic) bond motifs is 1. The molecule has 0 radical (unpaired) electrons. The highest BCUT2D eigenvalue weighted by Crippen LogP contribution is 2.33. The topological polar surface area (TPSA) is 111 Å². The molecule has 4 heterocycles. The molecule has 8 nitrogen and oxygen atoms in total. The van der Waals surface area contributed by atoms with Crippen LogP contribution in [-0.4, -0.2) is 51.8 Å². The average molecular weight is 487 g/mol. The molecule has 1 amide bonds. The van der Waals surface area contributed by atoms with Crippen LogP contribution in [0, 0.1) is 0 Å². The normalized spacial score (nSPS) is 24.0. The van der Waals surface area contributed by atoms with Gasteiger partial charge in [0.2, 0.25) is 5.95 Å². The second-order valence-corrected chi connectivity index (χ2v) is 11.1. The minimum Gasteiger partial charge on any atom is -0.390 e. The van der Waals surface area contributed by atoms with Gasteiger partial charge in [-0.1, -0.05) is 0 Å². The standard InChI is InChI=1S/C23H30N6O2S2/c1-23(31)7-2-15(3-8-23)25-20-19-17(6-11-32-19)27-22(29-20)28-18-12-14(13-33-18)21(30)26-16-4-9-24-10-5-16/h6,11-13,15-16,24,31H,2-5,7-10H2,1H3,(H,26,30)(H2,25,27,28,29). The van der Waals surface area contributed by atoms with Crippen LogP contribution in [0.4, 0.5) is 16.8 Å². The lowest BCUT2D eigenvalue weighted by molar-refractivity contribution is 0.0196. The fraction of sp³-hybridized carbons (Fsp3) is 0.522. The van der Waals surface area contributed by atoms with E-state index in [9.17, 15) is 9.90 Å². The SMILES string of the molecule is CC1(O)CCC(Nc2nc(Nc3cc(C(=O)NC4CCNCC4)cs3)nc3ccsc23)CC1. The van der Waals surface area contributed by atoms with Crippen LogP contribution in [0.3, 0.4) is 0 Å². The van der Waals surface area contributed by atoms with E-state index in [1.54, 1.807) is 11.3 Å². The predicted molar refractivity (Wildman–Crippen MR) is 135 cm³/mol. The predicted octanol–water partition coefficient (Wildman–Crippen LogP) is 4.08. The first-order chi connectivity index (χ1) is 15.9. The summed E-state index contributed by atoms with van der Waals surface area (Å²) < 4.78 is 1.03. The molecule has 2 fully saturated rings. The molecule has 5 N–H and O–H groups in total. The first-order valence-electron chi connectivity index (χ1n) is 11.6. The number of amides is 1. The fourth-order valence-electron chi connectivity index (χ4n) is 4.46. The third kappa shape index (κ3) is 5.46. The Kier molecular flexibility index (Phi) is 6.51. The van der Waals surface area contributed by atoms with E-state index >= 15 is 0 Å². The smallest absolute Gasteiger partial charge is 0.252 e. The third-order valence-electron chi connectivity index (χ3n) is 6.48. The molecule has 33 heavy (non-hydrogen) atoms. The molecule has 3 aromatic heterocycles. The van der Waals surface area contributed by atoms with Gasteiger partial charge in [-0.2, -0.15) is 4.98 Å². The van der Waals surface area contributed by atoms with Gasteiger partial charge in [0.25, 0.3) is 5.91 Å². The van der Waals surface area contributed by atoms with Crippen LogP contribution in [0.5, 0.6) is 0 Å². The van der Waals surface area contributed by atoms with Gasteiger partial charge in [-0.25, -0.2) is 4.98 Å². The quantitative estimate of drug-likeness (QED) is 0.357. The van der Waals surface area contributed by atoms with Crippen molar-refractivity contribution in [3.05, 3.63) is 28.5 Å². The lowest BCUT2D eigenvalue weighted by Crippen LogP contribution is -2.42. The Hall–Kier alpha value is -2.27. The summed E-state index contributed by atoms with van der Waals surface area (Å²) in [5.74, 6) is 1.30. The van der Waals surface area contributed by atoms with Gasteiger partial charge in [0.05, 0.1) is 26.4 Å². The molecular weight excluding hydrogens is 456 g/mol. The van der Waals surface area contributed by atoms with Crippen molar-refractivity contribution >= 4 is 55.6 Å². The number of thiophene rings is 2. The fourth-order valence-corrected chi connectivity index (χ4v) is 6.02. The molecule has 176 valence electrons. The first kappa shape index (κ1) is 22.5. The molecule has 0 unspecified atom stereocenters. The number of carbonyl (C=O) groups is 1. The Balaban J connectivity index is 1.28. The molecule has 0 bridgehead atoms. The zero-order chi connectivity index (χ0) is 22.8. The Bertz CT molecular complexity index is 1110. The van der Waals surface area contributed by atoms with Crippen LogP contribution in [0.15, 0.2) is 22.9 Å². The number of hydrogen-bond acceptors (Lipinski definition) is 9. The van der Waals surface area contributed by atoms with E-state index in [4.69, 9.17) is 4.98 Å². The Morgan fingerprint density at radius 1 is 1.15 bits per heavy atom. The van der Waals surface area contributed by atoms with Crippen molar-refractivity contribution in [2.45, 2.75) is 63.1 Å². The van der Waals surface area contributed by atoms with Gasteiger partial charge in [-0.05, 0) is 76.1 Å². The van der Waals surface area contributed by atoms with E-state index in [0.29, 0.717) is 11.5 Å². The maximum absolute atomic E-state index is 12.6. The summed E-state index contributed by atoms with van der Waals surface area (Å²) in [5, 5.41) is 28.3. The molecule has 3 aromatic rings. The molecule has 0 atom stereocenters. The molecule has 1 aliphatic heterocycles. The van der Waals surface area contributed by atoms with E-state index in [1.165, 1.54) is 11.3 Å². The molecule has 2 aliphatic rings. The summed E-state index contributed by atoms with van der Waals surface area (Å²) in [6.07, 6.45) is 5.31.